The Labute approximate surface area is 113 Å². The van der Waals surface area contributed by atoms with E-state index in [1.165, 1.54) is 10.9 Å². The van der Waals surface area contributed by atoms with Gasteiger partial charge in [-0.2, -0.15) is 5.10 Å². The zero-order valence-corrected chi connectivity index (χ0v) is 11.1. The van der Waals surface area contributed by atoms with E-state index >= 15 is 0 Å². The Morgan fingerprint density at radius 2 is 2.11 bits per heavy atom. The summed E-state index contributed by atoms with van der Waals surface area (Å²) in [5, 5.41) is 4.50. The Balaban J connectivity index is 2.33. The molecule has 3 nitrogen and oxygen atoms in total. The molecule has 1 heterocycles. The Hall–Kier alpha value is -1.75. The Morgan fingerprint density at radius 1 is 1.42 bits per heavy atom. The molecule has 1 unspecified atom stereocenters. The second-order valence-corrected chi connectivity index (χ2v) is 4.61. The molecule has 0 fully saturated rings. The van der Waals surface area contributed by atoms with Crippen LogP contribution in [0.3, 0.4) is 0 Å². The average Bonchev–Trinajstić information content (AvgIpc) is 2.68. The van der Waals surface area contributed by atoms with E-state index in [4.69, 9.17) is 11.6 Å². The number of hydrogen-bond acceptors (Lipinski definition) is 2. The van der Waals surface area contributed by atoms with Crippen LogP contribution in [0.5, 0.6) is 0 Å². The third kappa shape index (κ3) is 2.66. The number of aryl methyl sites for hydroxylation is 1. The summed E-state index contributed by atoms with van der Waals surface area (Å²) >= 11 is 5.86. The number of carbonyl (C=O) groups is 1. The van der Waals surface area contributed by atoms with Crippen molar-refractivity contribution in [3.8, 4) is 0 Å². The van der Waals surface area contributed by atoms with Crippen molar-refractivity contribution < 1.29 is 13.6 Å². The van der Waals surface area contributed by atoms with E-state index in [9.17, 15) is 13.6 Å². The Bertz CT molecular complexity index is 620. The molecule has 100 valence electrons. The van der Waals surface area contributed by atoms with Crippen LogP contribution in [0.1, 0.15) is 29.0 Å². The molecule has 2 rings (SSSR count). The number of benzene rings is 1. The molecule has 0 N–H and O–H groups in total. The summed E-state index contributed by atoms with van der Waals surface area (Å²) in [6.07, 6.45) is 1.50. The van der Waals surface area contributed by atoms with E-state index in [0.717, 1.165) is 12.1 Å². The molecule has 0 bridgehead atoms. The first-order chi connectivity index (χ1) is 8.90. The van der Waals surface area contributed by atoms with Gasteiger partial charge < -0.3 is 0 Å². The van der Waals surface area contributed by atoms with Crippen LogP contribution in [-0.2, 0) is 0 Å². The smallest absolute Gasteiger partial charge is 0.190 e. The number of halogens is 3. The first-order valence-electron chi connectivity index (χ1n) is 5.60. The minimum Gasteiger partial charge on any atom is -0.292 e. The number of Topliss-reactive ketones (excluding diaryl/α,β-unsaturated/α-hetero) is 1. The van der Waals surface area contributed by atoms with Crippen molar-refractivity contribution >= 4 is 17.4 Å². The lowest BCUT2D eigenvalue weighted by atomic mass is 10.1. The van der Waals surface area contributed by atoms with E-state index < -0.39 is 23.5 Å². The molecule has 0 aliphatic heterocycles. The van der Waals surface area contributed by atoms with Crippen LogP contribution in [0.2, 0.25) is 5.02 Å². The Morgan fingerprint density at radius 3 is 2.63 bits per heavy atom. The van der Waals surface area contributed by atoms with Gasteiger partial charge >= 0.3 is 0 Å². The number of nitrogens with zero attached hydrogens (tertiary/aromatic N) is 2. The van der Waals surface area contributed by atoms with Crippen molar-refractivity contribution in [1.29, 1.82) is 0 Å². The van der Waals surface area contributed by atoms with Crippen molar-refractivity contribution in [3.05, 3.63) is 52.3 Å². The predicted molar refractivity (Wildman–Crippen MR) is 67.4 cm³/mol. The lowest BCUT2D eigenvalue weighted by molar-refractivity contribution is 0.0924. The van der Waals surface area contributed by atoms with Crippen LogP contribution < -0.4 is 0 Å². The molecule has 0 aliphatic carbocycles. The highest BCUT2D eigenvalue weighted by molar-refractivity contribution is 6.31. The second-order valence-electron chi connectivity index (χ2n) is 4.21. The van der Waals surface area contributed by atoms with E-state index in [2.05, 4.69) is 5.10 Å². The van der Waals surface area contributed by atoms with Gasteiger partial charge in [0.1, 0.15) is 17.7 Å². The van der Waals surface area contributed by atoms with Crippen molar-refractivity contribution in [2.24, 2.45) is 0 Å². The number of aromatic nitrogens is 2. The van der Waals surface area contributed by atoms with Crippen molar-refractivity contribution in [3.63, 3.8) is 0 Å². The number of ketones is 1. The van der Waals surface area contributed by atoms with Crippen LogP contribution in [0.4, 0.5) is 8.78 Å². The highest BCUT2D eigenvalue weighted by atomic mass is 35.5. The zero-order chi connectivity index (χ0) is 14.2. The summed E-state index contributed by atoms with van der Waals surface area (Å²) in [5.74, 6) is -2.09. The third-order valence-electron chi connectivity index (χ3n) is 2.83. The van der Waals surface area contributed by atoms with E-state index in [1.54, 1.807) is 13.8 Å². The summed E-state index contributed by atoms with van der Waals surface area (Å²) in [6.45, 7) is 3.28. The molecular weight excluding hydrogens is 274 g/mol. The van der Waals surface area contributed by atoms with Gasteiger partial charge in [0.25, 0.3) is 0 Å². The fourth-order valence-electron chi connectivity index (χ4n) is 1.69. The first kappa shape index (κ1) is 13.7. The van der Waals surface area contributed by atoms with E-state index in [0.29, 0.717) is 16.8 Å². The third-order valence-corrected chi connectivity index (χ3v) is 3.20. The predicted octanol–water partition coefficient (Wildman–Crippen LogP) is 3.57. The molecule has 2 aromatic rings. The standard InChI is InChI=1S/C13H11ClF2N2O/c1-7-11(14)6-18(17-7)8(2)13(19)10-4-3-9(15)5-12(10)16/h3-6,8H,1-2H3. The van der Waals surface area contributed by atoms with Crippen molar-refractivity contribution in [1.82, 2.24) is 9.78 Å². The lowest BCUT2D eigenvalue weighted by Crippen LogP contribution is -2.18. The molecule has 1 aromatic heterocycles. The monoisotopic (exact) mass is 284 g/mol. The van der Waals surface area contributed by atoms with Gasteiger partial charge in [-0.3, -0.25) is 9.48 Å². The lowest BCUT2D eigenvalue weighted by Gasteiger charge is -2.11. The minimum atomic E-state index is -0.883. The first-order valence-corrected chi connectivity index (χ1v) is 5.98. The fraction of sp³-hybridized carbons (Fsp3) is 0.231. The van der Waals surface area contributed by atoms with Gasteiger partial charge in [-0.1, -0.05) is 11.6 Å². The maximum absolute atomic E-state index is 13.5. The SMILES string of the molecule is Cc1nn(C(C)C(=O)c2ccc(F)cc2F)cc1Cl. The highest BCUT2D eigenvalue weighted by Gasteiger charge is 2.22. The fourth-order valence-corrected chi connectivity index (χ4v) is 1.83. The van der Waals surface area contributed by atoms with Gasteiger partial charge in [-0.05, 0) is 26.0 Å². The minimum absolute atomic E-state index is 0.168. The van der Waals surface area contributed by atoms with Crippen LogP contribution in [0, 0.1) is 18.6 Å². The summed E-state index contributed by atoms with van der Waals surface area (Å²) in [7, 11) is 0. The maximum atomic E-state index is 13.5. The quantitative estimate of drug-likeness (QED) is 0.808. The topological polar surface area (TPSA) is 34.9 Å². The van der Waals surface area contributed by atoms with Gasteiger partial charge in [-0.15, -0.1) is 0 Å². The normalized spacial score (nSPS) is 12.5. The largest absolute Gasteiger partial charge is 0.292 e. The molecule has 0 saturated heterocycles. The Kier molecular flexibility index (Phi) is 3.66. The average molecular weight is 285 g/mol. The van der Waals surface area contributed by atoms with E-state index in [1.807, 2.05) is 0 Å². The van der Waals surface area contributed by atoms with Gasteiger partial charge in [0.15, 0.2) is 5.78 Å². The summed E-state index contributed by atoms with van der Waals surface area (Å²) < 4.78 is 27.7. The van der Waals surface area contributed by atoms with Crippen LogP contribution in [0.25, 0.3) is 0 Å². The molecule has 6 heteroatoms. The molecule has 0 radical (unpaired) electrons. The molecule has 0 spiro atoms. The van der Waals surface area contributed by atoms with Gasteiger partial charge in [0, 0.05) is 12.3 Å². The van der Waals surface area contributed by atoms with Crippen LogP contribution in [-0.4, -0.2) is 15.6 Å². The number of rotatable bonds is 3. The highest BCUT2D eigenvalue weighted by Crippen LogP contribution is 2.20. The molecular formula is C13H11ClF2N2O. The molecule has 0 saturated carbocycles. The molecule has 1 aromatic carbocycles. The van der Waals surface area contributed by atoms with Gasteiger partial charge in [-0.25, -0.2) is 8.78 Å². The second kappa shape index (κ2) is 5.09. The van der Waals surface area contributed by atoms with Crippen molar-refractivity contribution in [2.45, 2.75) is 19.9 Å². The molecule has 1 atom stereocenters. The van der Waals surface area contributed by atoms with Gasteiger partial charge in [0.2, 0.25) is 0 Å². The summed E-state index contributed by atoms with van der Waals surface area (Å²) in [4.78, 5) is 12.1. The zero-order valence-electron chi connectivity index (χ0n) is 10.3. The molecule has 19 heavy (non-hydrogen) atoms. The summed E-state index contributed by atoms with van der Waals surface area (Å²) in [6, 6.07) is 2.14. The summed E-state index contributed by atoms with van der Waals surface area (Å²) in [5.41, 5.74) is 0.416. The number of carbonyl (C=O) groups excluding carboxylic acids is 1. The molecule has 0 aliphatic rings. The van der Waals surface area contributed by atoms with Crippen LogP contribution >= 0.6 is 11.6 Å². The van der Waals surface area contributed by atoms with Gasteiger partial charge in [0.05, 0.1) is 16.3 Å². The van der Waals surface area contributed by atoms with Crippen molar-refractivity contribution in [2.75, 3.05) is 0 Å². The van der Waals surface area contributed by atoms with E-state index in [-0.39, 0.29) is 5.56 Å². The maximum Gasteiger partial charge on any atom is 0.190 e. The molecule has 0 amide bonds. The van der Waals surface area contributed by atoms with Crippen LogP contribution in [0.15, 0.2) is 24.4 Å². The number of hydrogen-bond donors (Lipinski definition) is 0.